The van der Waals surface area contributed by atoms with Crippen LogP contribution in [0.2, 0.25) is 0 Å². The van der Waals surface area contributed by atoms with Crippen molar-refractivity contribution in [3.63, 3.8) is 0 Å². The van der Waals surface area contributed by atoms with Gasteiger partial charge in [-0.05, 0) is 35.9 Å². The Bertz CT molecular complexity index is 760. The van der Waals surface area contributed by atoms with E-state index in [-0.39, 0.29) is 11.3 Å². The summed E-state index contributed by atoms with van der Waals surface area (Å²) in [6.45, 7) is 0. The van der Waals surface area contributed by atoms with Gasteiger partial charge in [0.25, 0.3) is 0 Å². The van der Waals surface area contributed by atoms with E-state index in [0.717, 1.165) is 30.3 Å². The minimum Gasteiger partial charge on any atom is -0.399 e. The highest BCUT2D eigenvalue weighted by Gasteiger charge is 2.20. The van der Waals surface area contributed by atoms with Gasteiger partial charge in [0.15, 0.2) is 21.5 Å². The molecule has 0 bridgehead atoms. The molecule has 7 heteroatoms. The number of hydrogen-bond acceptors (Lipinski definition) is 3. The minimum atomic E-state index is -4.01. The minimum absolute atomic E-state index is 0.0279. The van der Waals surface area contributed by atoms with Gasteiger partial charge in [0.05, 0.1) is 5.75 Å². The molecule has 0 radical (unpaired) electrons. The van der Waals surface area contributed by atoms with Crippen LogP contribution in [0.25, 0.3) is 0 Å². The summed E-state index contributed by atoms with van der Waals surface area (Å²) in [5, 5.41) is 0. The van der Waals surface area contributed by atoms with Gasteiger partial charge in [-0.3, -0.25) is 0 Å². The summed E-state index contributed by atoms with van der Waals surface area (Å²) in [5.74, 6) is -3.85. The number of hydrogen-bond donors (Lipinski definition) is 1. The van der Waals surface area contributed by atoms with Crippen molar-refractivity contribution >= 4 is 15.5 Å². The molecule has 0 amide bonds. The number of rotatable bonds is 3. The van der Waals surface area contributed by atoms with Crippen molar-refractivity contribution in [3.8, 4) is 0 Å². The molecule has 106 valence electrons. The lowest BCUT2D eigenvalue weighted by Crippen LogP contribution is -2.08. The SMILES string of the molecule is Nc1ccc(S(=O)(=O)Cc2ccc(F)c(F)c2)c(F)c1. The summed E-state index contributed by atoms with van der Waals surface area (Å²) in [5.41, 5.74) is 5.45. The molecular weight excluding hydrogens is 291 g/mol. The van der Waals surface area contributed by atoms with Crippen LogP contribution >= 0.6 is 0 Å². The third-order valence-electron chi connectivity index (χ3n) is 2.63. The monoisotopic (exact) mass is 301 g/mol. The van der Waals surface area contributed by atoms with Gasteiger partial charge in [-0.2, -0.15) is 0 Å². The van der Waals surface area contributed by atoms with Crippen molar-refractivity contribution in [2.24, 2.45) is 0 Å². The Labute approximate surface area is 113 Å². The van der Waals surface area contributed by atoms with E-state index >= 15 is 0 Å². The second-order valence-electron chi connectivity index (χ2n) is 4.20. The van der Waals surface area contributed by atoms with Crippen LogP contribution in [0.5, 0.6) is 0 Å². The quantitative estimate of drug-likeness (QED) is 0.887. The molecule has 0 fully saturated rings. The fraction of sp³-hybridized carbons (Fsp3) is 0.0769. The molecule has 0 heterocycles. The summed E-state index contributed by atoms with van der Waals surface area (Å²) < 4.78 is 63.5. The fourth-order valence-corrected chi connectivity index (χ4v) is 3.10. The molecule has 0 aromatic heterocycles. The van der Waals surface area contributed by atoms with Gasteiger partial charge in [0, 0.05) is 5.69 Å². The van der Waals surface area contributed by atoms with Gasteiger partial charge >= 0.3 is 0 Å². The second kappa shape index (κ2) is 5.16. The standard InChI is InChI=1S/C13H10F3NO2S/c14-10-3-1-8(5-11(10)15)7-20(18,19)13-4-2-9(17)6-12(13)16/h1-6H,7,17H2. The maximum absolute atomic E-state index is 13.6. The van der Waals surface area contributed by atoms with Crippen molar-refractivity contribution < 1.29 is 21.6 Å². The van der Waals surface area contributed by atoms with E-state index in [1.807, 2.05) is 0 Å². The average Bonchev–Trinajstić information content (AvgIpc) is 2.33. The molecule has 2 N–H and O–H groups in total. The number of anilines is 1. The van der Waals surface area contributed by atoms with Crippen LogP contribution in [0.15, 0.2) is 41.3 Å². The van der Waals surface area contributed by atoms with Crippen LogP contribution in [-0.4, -0.2) is 8.42 Å². The van der Waals surface area contributed by atoms with Crippen LogP contribution in [0.4, 0.5) is 18.9 Å². The Morgan fingerprint density at radius 3 is 2.20 bits per heavy atom. The Hall–Kier alpha value is -2.02. The Morgan fingerprint density at radius 2 is 1.60 bits per heavy atom. The molecule has 0 saturated heterocycles. The van der Waals surface area contributed by atoms with E-state index < -0.39 is 37.9 Å². The Morgan fingerprint density at radius 1 is 0.900 bits per heavy atom. The highest BCUT2D eigenvalue weighted by molar-refractivity contribution is 7.90. The molecule has 0 aliphatic heterocycles. The Kier molecular flexibility index (Phi) is 3.71. The molecule has 2 rings (SSSR count). The van der Waals surface area contributed by atoms with Crippen molar-refractivity contribution in [1.82, 2.24) is 0 Å². The first kappa shape index (κ1) is 14.4. The molecule has 0 spiro atoms. The van der Waals surface area contributed by atoms with Gasteiger partial charge in [0.2, 0.25) is 0 Å². The fourth-order valence-electron chi connectivity index (χ4n) is 1.70. The van der Waals surface area contributed by atoms with E-state index in [2.05, 4.69) is 0 Å². The summed E-state index contributed by atoms with van der Waals surface area (Å²) >= 11 is 0. The zero-order valence-electron chi connectivity index (χ0n) is 10.1. The zero-order valence-corrected chi connectivity index (χ0v) is 10.9. The summed E-state index contributed by atoms with van der Waals surface area (Å²) in [6.07, 6.45) is 0. The van der Waals surface area contributed by atoms with Crippen LogP contribution in [0.3, 0.4) is 0 Å². The molecule has 3 nitrogen and oxygen atoms in total. The van der Waals surface area contributed by atoms with E-state index in [0.29, 0.717) is 0 Å². The molecule has 0 aliphatic carbocycles. The van der Waals surface area contributed by atoms with Gasteiger partial charge in [0.1, 0.15) is 10.7 Å². The third kappa shape index (κ3) is 2.93. The third-order valence-corrected chi connectivity index (χ3v) is 4.35. The van der Waals surface area contributed by atoms with Crippen LogP contribution in [0, 0.1) is 17.5 Å². The topological polar surface area (TPSA) is 60.2 Å². The lowest BCUT2D eigenvalue weighted by molar-refractivity contribution is 0.507. The van der Waals surface area contributed by atoms with E-state index in [4.69, 9.17) is 5.73 Å². The predicted octanol–water partition coefficient (Wildman–Crippen LogP) is 2.66. The molecule has 20 heavy (non-hydrogen) atoms. The van der Waals surface area contributed by atoms with Gasteiger partial charge < -0.3 is 5.73 Å². The number of benzene rings is 2. The molecule has 2 aromatic carbocycles. The maximum Gasteiger partial charge on any atom is 0.185 e. The van der Waals surface area contributed by atoms with Crippen molar-refractivity contribution in [3.05, 3.63) is 59.4 Å². The predicted molar refractivity (Wildman–Crippen MR) is 68.1 cm³/mol. The lowest BCUT2D eigenvalue weighted by atomic mass is 10.2. The first-order chi connectivity index (χ1) is 9.29. The number of nitrogen functional groups attached to an aromatic ring is 1. The van der Waals surface area contributed by atoms with E-state index in [1.165, 1.54) is 6.07 Å². The molecule has 0 saturated carbocycles. The normalized spacial score (nSPS) is 11.6. The van der Waals surface area contributed by atoms with Gasteiger partial charge in [-0.1, -0.05) is 6.07 Å². The number of nitrogens with two attached hydrogens (primary N) is 1. The van der Waals surface area contributed by atoms with E-state index in [1.54, 1.807) is 0 Å². The molecule has 0 aliphatic rings. The largest absolute Gasteiger partial charge is 0.399 e. The molecule has 0 atom stereocenters. The summed E-state index contributed by atoms with van der Waals surface area (Å²) in [7, 11) is -4.01. The maximum atomic E-state index is 13.6. The van der Waals surface area contributed by atoms with Crippen molar-refractivity contribution in [2.45, 2.75) is 10.6 Å². The van der Waals surface area contributed by atoms with Crippen LogP contribution in [0.1, 0.15) is 5.56 Å². The first-order valence-corrected chi connectivity index (χ1v) is 7.16. The van der Waals surface area contributed by atoms with Gasteiger partial charge in [-0.25, -0.2) is 21.6 Å². The number of halogens is 3. The zero-order chi connectivity index (χ0) is 14.9. The number of sulfone groups is 1. The lowest BCUT2D eigenvalue weighted by Gasteiger charge is -2.07. The second-order valence-corrected chi connectivity index (χ2v) is 6.16. The van der Waals surface area contributed by atoms with E-state index in [9.17, 15) is 21.6 Å². The smallest absolute Gasteiger partial charge is 0.185 e. The van der Waals surface area contributed by atoms with Crippen molar-refractivity contribution in [2.75, 3.05) is 5.73 Å². The molecule has 0 unspecified atom stereocenters. The van der Waals surface area contributed by atoms with Crippen LogP contribution in [-0.2, 0) is 15.6 Å². The summed E-state index contributed by atoms with van der Waals surface area (Å²) in [4.78, 5) is -0.531. The highest BCUT2D eigenvalue weighted by atomic mass is 32.2. The first-order valence-electron chi connectivity index (χ1n) is 5.51. The van der Waals surface area contributed by atoms with Gasteiger partial charge in [-0.15, -0.1) is 0 Å². The van der Waals surface area contributed by atoms with Crippen molar-refractivity contribution in [1.29, 1.82) is 0 Å². The van der Waals surface area contributed by atoms with Crippen LogP contribution < -0.4 is 5.73 Å². The average molecular weight is 301 g/mol. The highest BCUT2D eigenvalue weighted by Crippen LogP contribution is 2.22. The Balaban J connectivity index is 2.38. The molecular formula is C13H10F3NO2S. The summed E-state index contributed by atoms with van der Waals surface area (Å²) in [6, 6.07) is 5.89. The molecule has 2 aromatic rings.